The van der Waals surface area contributed by atoms with Crippen LogP contribution in [0, 0.1) is 0 Å². The molecule has 20 heteroatoms. The zero-order valence-corrected chi connectivity index (χ0v) is 27.8. The first-order valence-corrected chi connectivity index (χ1v) is 15.7. The zero-order valence-electron chi connectivity index (χ0n) is 27.8. The zero-order chi connectivity index (χ0) is 41.9. The highest BCUT2D eigenvalue weighted by Gasteiger charge is 2.74. The maximum Gasteiger partial charge on any atom is 0.416 e. The Bertz CT molecular complexity index is 2180. The molecule has 8 nitrogen and oxygen atoms in total. The molecule has 57 heavy (non-hydrogen) atoms. The Morgan fingerprint density at radius 1 is 0.421 bits per heavy atom. The third kappa shape index (κ3) is 7.29. The van der Waals surface area contributed by atoms with Crippen molar-refractivity contribution >= 4 is 35.0 Å². The summed E-state index contributed by atoms with van der Waals surface area (Å²) in [5.41, 5.74) is -13.7. The second-order valence-corrected chi connectivity index (χ2v) is 12.1. The summed E-state index contributed by atoms with van der Waals surface area (Å²) in [5.74, 6) is -9.33. The van der Waals surface area contributed by atoms with Gasteiger partial charge < -0.3 is 9.47 Å². The molecule has 0 unspecified atom stereocenters. The van der Waals surface area contributed by atoms with Crippen LogP contribution in [0.4, 0.5) is 64.1 Å². The Labute approximate surface area is 310 Å². The monoisotopic (exact) mass is 814 g/mol. The van der Waals surface area contributed by atoms with Crippen LogP contribution in [0.1, 0.15) is 22.3 Å². The summed E-state index contributed by atoms with van der Waals surface area (Å²) < 4.78 is 188. The molecule has 4 amide bonds. The molecule has 0 spiro atoms. The van der Waals surface area contributed by atoms with Crippen molar-refractivity contribution in [1.29, 1.82) is 0 Å². The van der Waals surface area contributed by atoms with Crippen molar-refractivity contribution in [2.45, 2.75) is 30.1 Å². The van der Waals surface area contributed by atoms with Gasteiger partial charge in [-0.15, -0.1) is 0 Å². The second kappa shape index (κ2) is 13.9. The largest absolute Gasteiger partial charge is 0.457 e. The van der Waals surface area contributed by atoms with Crippen LogP contribution in [0.15, 0.2) is 109 Å². The van der Waals surface area contributed by atoms with Crippen molar-refractivity contribution in [2.24, 2.45) is 0 Å². The predicted octanol–water partition coefficient (Wildman–Crippen LogP) is 9.58. The molecule has 4 aromatic carbocycles. The fourth-order valence-corrected chi connectivity index (χ4v) is 6.08. The minimum atomic E-state index is -6.44. The molecule has 4 aromatic rings. The van der Waals surface area contributed by atoms with Gasteiger partial charge in [-0.25, -0.2) is 9.80 Å². The van der Waals surface area contributed by atoms with Gasteiger partial charge in [-0.1, -0.05) is 36.4 Å². The third-order valence-corrected chi connectivity index (χ3v) is 8.46. The molecule has 0 saturated heterocycles. The van der Waals surface area contributed by atoms with Crippen LogP contribution in [-0.4, -0.2) is 36.0 Å². The first-order chi connectivity index (χ1) is 26.4. The van der Waals surface area contributed by atoms with Gasteiger partial charge in [0.15, 0.2) is 0 Å². The van der Waals surface area contributed by atoms with Crippen LogP contribution < -0.4 is 19.3 Å². The Morgan fingerprint density at radius 3 is 1.04 bits per heavy atom. The van der Waals surface area contributed by atoms with E-state index in [4.69, 9.17) is 9.47 Å². The van der Waals surface area contributed by atoms with E-state index in [0.717, 1.165) is 12.1 Å². The van der Waals surface area contributed by atoms with Gasteiger partial charge in [0.25, 0.3) is 23.6 Å². The minimum absolute atomic E-state index is 0.190. The van der Waals surface area contributed by atoms with Crippen LogP contribution >= 0.6 is 0 Å². The molecular weight excluding hydrogens is 796 g/mol. The topological polar surface area (TPSA) is 93.2 Å². The Kier molecular flexibility index (Phi) is 9.74. The first-order valence-electron chi connectivity index (χ1n) is 15.7. The van der Waals surface area contributed by atoms with E-state index in [2.05, 4.69) is 0 Å². The average molecular weight is 815 g/mol. The summed E-state index contributed by atoms with van der Waals surface area (Å²) in [7, 11) is 0. The summed E-state index contributed by atoms with van der Waals surface area (Å²) in [4.78, 5) is 49.5. The van der Waals surface area contributed by atoms with Crippen LogP contribution in [0.5, 0.6) is 23.0 Å². The van der Waals surface area contributed by atoms with Gasteiger partial charge >= 0.3 is 24.7 Å². The fourth-order valence-electron chi connectivity index (χ4n) is 6.08. The van der Waals surface area contributed by atoms with E-state index in [1.165, 1.54) is 0 Å². The third-order valence-electron chi connectivity index (χ3n) is 8.46. The number of rotatable bonds is 8. The number of para-hydroxylation sites is 2. The number of carbonyl (C=O) groups excluding carboxylic acids is 4. The van der Waals surface area contributed by atoms with Crippen molar-refractivity contribution in [3.05, 3.63) is 131 Å². The summed E-state index contributed by atoms with van der Waals surface area (Å²) in [6, 6.07) is 7.05. The average Bonchev–Trinajstić information content (AvgIpc) is 3.62. The summed E-state index contributed by atoms with van der Waals surface area (Å²) in [6.07, 6.45) is -20.6. The van der Waals surface area contributed by atoms with Crippen LogP contribution in [0.2, 0.25) is 0 Å². The van der Waals surface area contributed by atoms with E-state index in [0.29, 0.717) is 85.0 Å². The van der Waals surface area contributed by atoms with E-state index < -0.39 is 110 Å². The highest BCUT2D eigenvalue weighted by Crippen LogP contribution is 2.60. The van der Waals surface area contributed by atoms with Crippen molar-refractivity contribution in [3.8, 4) is 23.0 Å². The lowest BCUT2D eigenvalue weighted by Crippen LogP contribution is -2.55. The number of carbonyl (C=O) groups is 4. The van der Waals surface area contributed by atoms with Crippen LogP contribution in [0.3, 0.4) is 0 Å². The minimum Gasteiger partial charge on any atom is -0.457 e. The standard InChI is InChI=1S/C37H18F12N2O6/c38-34(39,40)19-13-21(50-29(52)9-10-30(50)53)17-23(15-19)56-27-7-3-1-5-25(27)33(36(44,45)46,37(47,48)49)26-6-2-4-8-28(26)57-24-16-20(35(41,42)43)14-22(18-24)51-31(54)11-12-32(51)55/h1-18H. The molecule has 0 aromatic heterocycles. The molecule has 0 aliphatic carbocycles. The first kappa shape index (κ1) is 40.1. The lowest BCUT2D eigenvalue weighted by molar-refractivity contribution is -0.289. The number of alkyl halides is 12. The normalized spacial score (nSPS) is 15.3. The maximum atomic E-state index is 15.5. The molecule has 2 aliphatic heterocycles. The highest BCUT2D eigenvalue weighted by molar-refractivity contribution is 6.28. The number of nitrogens with zero attached hydrogens (tertiary/aromatic N) is 2. The number of hydrogen-bond donors (Lipinski definition) is 0. The van der Waals surface area contributed by atoms with E-state index in [1.807, 2.05) is 0 Å². The van der Waals surface area contributed by atoms with Gasteiger partial charge in [-0.05, 0) is 36.4 Å². The Morgan fingerprint density at radius 2 is 0.737 bits per heavy atom. The van der Waals surface area contributed by atoms with Gasteiger partial charge in [-0.3, -0.25) is 19.2 Å². The molecule has 2 heterocycles. The van der Waals surface area contributed by atoms with Crippen molar-refractivity contribution in [3.63, 3.8) is 0 Å². The molecule has 0 atom stereocenters. The van der Waals surface area contributed by atoms with Gasteiger partial charge in [-0.2, -0.15) is 52.7 Å². The number of amides is 4. The lowest BCUT2D eigenvalue weighted by Gasteiger charge is -2.39. The van der Waals surface area contributed by atoms with Gasteiger partial charge in [0, 0.05) is 47.6 Å². The molecule has 0 radical (unpaired) electrons. The number of benzene rings is 4. The van der Waals surface area contributed by atoms with Gasteiger partial charge in [0.05, 0.1) is 22.5 Å². The summed E-state index contributed by atoms with van der Waals surface area (Å²) in [6.45, 7) is 0. The molecule has 6 rings (SSSR count). The second-order valence-electron chi connectivity index (χ2n) is 12.1. The number of ether oxygens (including phenoxy) is 2. The highest BCUT2D eigenvalue weighted by atomic mass is 19.4. The van der Waals surface area contributed by atoms with E-state index in [1.54, 1.807) is 0 Å². The Hall–Kier alpha value is -6.60. The molecule has 0 bridgehead atoms. The molecule has 296 valence electrons. The quantitative estimate of drug-likeness (QED) is 0.130. The molecule has 0 saturated carbocycles. The lowest BCUT2D eigenvalue weighted by atomic mass is 9.72. The number of halogens is 12. The fraction of sp³-hybridized carbons (Fsp3) is 0.135. The number of hydrogen-bond acceptors (Lipinski definition) is 6. The maximum absolute atomic E-state index is 15.5. The number of imide groups is 2. The van der Waals surface area contributed by atoms with Crippen molar-refractivity contribution < 1.29 is 81.3 Å². The van der Waals surface area contributed by atoms with E-state index in [-0.39, 0.29) is 21.9 Å². The van der Waals surface area contributed by atoms with E-state index >= 15 is 26.3 Å². The van der Waals surface area contributed by atoms with Crippen LogP contribution in [-0.2, 0) is 36.9 Å². The van der Waals surface area contributed by atoms with Gasteiger partial charge in [0.1, 0.15) is 23.0 Å². The van der Waals surface area contributed by atoms with Gasteiger partial charge in [0.2, 0.25) is 5.41 Å². The number of anilines is 2. The van der Waals surface area contributed by atoms with Crippen molar-refractivity contribution in [1.82, 2.24) is 0 Å². The summed E-state index contributed by atoms with van der Waals surface area (Å²) in [5, 5.41) is 0. The molecular formula is C37H18F12N2O6. The van der Waals surface area contributed by atoms with Crippen molar-refractivity contribution in [2.75, 3.05) is 9.80 Å². The van der Waals surface area contributed by atoms with E-state index in [9.17, 15) is 45.5 Å². The predicted molar refractivity (Wildman–Crippen MR) is 172 cm³/mol. The molecule has 0 N–H and O–H groups in total. The summed E-state index contributed by atoms with van der Waals surface area (Å²) >= 11 is 0. The SMILES string of the molecule is O=C1C=CC(=O)N1c1cc(Oc2ccccc2C(c2ccccc2Oc2cc(N3C(=O)C=CC3=O)cc(C(F)(F)F)c2)(C(F)(F)F)C(F)(F)F)cc(C(F)(F)F)c1. The smallest absolute Gasteiger partial charge is 0.416 e. The molecule has 2 aliphatic rings. The van der Waals surface area contributed by atoms with Crippen LogP contribution in [0.25, 0.3) is 0 Å². The Balaban J connectivity index is 1.55. The molecule has 0 fully saturated rings.